The van der Waals surface area contributed by atoms with E-state index < -0.39 is 14.3 Å². The molecule has 5 heteroatoms. The maximum atomic E-state index is 11.6. The molecule has 0 heterocycles. The van der Waals surface area contributed by atoms with Gasteiger partial charge in [-0.3, -0.25) is 0 Å². The van der Waals surface area contributed by atoms with Crippen molar-refractivity contribution < 1.29 is 13.2 Å². The Morgan fingerprint density at radius 1 is 1.06 bits per heavy atom. The van der Waals surface area contributed by atoms with E-state index in [-0.39, 0.29) is 5.60 Å². The van der Waals surface area contributed by atoms with Crippen LogP contribution in [-0.4, -0.2) is 26.4 Å². The molecule has 1 fully saturated rings. The second kappa shape index (κ2) is 7.11. The first-order valence-electron chi connectivity index (χ1n) is 6.86. The van der Waals surface area contributed by atoms with Crippen LogP contribution in [0.4, 0.5) is 0 Å². The van der Waals surface area contributed by atoms with Crippen LogP contribution in [-0.2, 0) is 13.8 Å². The van der Waals surface area contributed by atoms with Crippen LogP contribution in [0.2, 0.25) is 0 Å². The minimum Gasteiger partial charge on any atom is -0.379 e. The smallest absolute Gasteiger partial charge is 0.235 e. The highest BCUT2D eigenvalue weighted by Crippen LogP contribution is 2.30. The highest BCUT2D eigenvalue weighted by atomic mass is 35.7. The second-order valence-electron chi connectivity index (χ2n) is 5.60. The van der Waals surface area contributed by atoms with Crippen molar-refractivity contribution in [2.45, 2.75) is 75.6 Å². The van der Waals surface area contributed by atoms with Crippen LogP contribution < -0.4 is 0 Å². The second-order valence-corrected chi connectivity index (χ2v) is 8.50. The number of ether oxygens (including phenoxy) is 1. The Kier molecular flexibility index (Phi) is 6.42. The Hall–Kier alpha value is 0.200. The third-order valence-electron chi connectivity index (χ3n) is 4.12. The monoisotopic (exact) mass is 296 g/mol. The molecule has 1 aliphatic carbocycles. The largest absolute Gasteiger partial charge is 0.379 e. The summed E-state index contributed by atoms with van der Waals surface area (Å²) in [5.74, 6) is 0. The Morgan fingerprint density at radius 2 is 1.67 bits per heavy atom. The summed E-state index contributed by atoms with van der Waals surface area (Å²) in [7, 11) is 3.81. The summed E-state index contributed by atoms with van der Waals surface area (Å²) in [5, 5.41) is -0.410. The summed E-state index contributed by atoms with van der Waals surface area (Å²) >= 11 is 0. The number of rotatable bonds is 2. The van der Waals surface area contributed by atoms with Gasteiger partial charge in [-0.05, 0) is 32.6 Å². The van der Waals surface area contributed by atoms with E-state index in [0.717, 1.165) is 32.1 Å². The fourth-order valence-corrected chi connectivity index (χ4v) is 4.00. The molecule has 0 radical (unpaired) electrons. The first-order chi connectivity index (χ1) is 8.37. The van der Waals surface area contributed by atoms with E-state index in [9.17, 15) is 8.42 Å². The molecule has 0 bridgehead atoms. The van der Waals surface area contributed by atoms with Crippen LogP contribution in [0.5, 0.6) is 0 Å². The van der Waals surface area contributed by atoms with E-state index in [1.807, 2.05) is 0 Å². The van der Waals surface area contributed by atoms with Crippen molar-refractivity contribution in [2.75, 3.05) is 7.11 Å². The minimum absolute atomic E-state index is 0.204. The molecule has 0 aromatic heterocycles. The highest BCUT2D eigenvalue weighted by Gasteiger charge is 2.29. The Labute approximate surface area is 116 Å². The fourth-order valence-electron chi connectivity index (χ4n) is 2.62. The lowest BCUT2D eigenvalue weighted by Crippen LogP contribution is -2.30. The van der Waals surface area contributed by atoms with E-state index in [0.29, 0.717) is 12.8 Å². The van der Waals surface area contributed by atoms with Crippen molar-refractivity contribution in [3.05, 3.63) is 0 Å². The molecule has 1 rings (SSSR count). The van der Waals surface area contributed by atoms with Crippen LogP contribution in [0.1, 0.15) is 64.7 Å². The molecule has 0 amide bonds. The van der Waals surface area contributed by atoms with Crippen LogP contribution in [0.15, 0.2) is 0 Å². The lowest BCUT2D eigenvalue weighted by Gasteiger charge is -2.29. The normalized spacial score (nSPS) is 32.7. The predicted molar refractivity (Wildman–Crippen MR) is 75.5 cm³/mol. The SMILES string of the molecule is COC1(C)CCCCCCCC(S(=O)(=O)Cl)CC1. The quantitative estimate of drug-likeness (QED) is 0.727. The molecule has 0 saturated heterocycles. The van der Waals surface area contributed by atoms with E-state index in [1.165, 1.54) is 12.8 Å². The van der Waals surface area contributed by atoms with Crippen molar-refractivity contribution in [3.63, 3.8) is 0 Å². The maximum Gasteiger partial charge on any atom is 0.235 e. The number of hydrogen-bond acceptors (Lipinski definition) is 3. The van der Waals surface area contributed by atoms with Crippen molar-refractivity contribution in [3.8, 4) is 0 Å². The van der Waals surface area contributed by atoms with E-state index >= 15 is 0 Å². The van der Waals surface area contributed by atoms with Gasteiger partial charge in [-0.15, -0.1) is 0 Å². The van der Waals surface area contributed by atoms with Crippen LogP contribution in [0, 0.1) is 0 Å². The fraction of sp³-hybridized carbons (Fsp3) is 1.00. The molecule has 1 aliphatic rings. The van der Waals surface area contributed by atoms with E-state index in [4.69, 9.17) is 15.4 Å². The molecular formula is C13H25ClO3S. The van der Waals surface area contributed by atoms with Gasteiger partial charge in [-0.1, -0.05) is 32.1 Å². The van der Waals surface area contributed by atoms with Gasteiger partial charge in [0.15, 0.2) is 0 Å². The third-order valence-corrected chi connectivity index (χ3v) is 6.14. The Morgan fingerprint density at radius 3 is 2.28 bits per heavy atom. The lowest BCUT2D eigenvalue weighted by molar-refractivity contribution is -0.0115. The van der Waals surface area contributed by atoms with Crippen molar-refractivity contribution in [1.29, 1.82) is 0 Å². The van der Waals surface area contributed by atoms with Crippen molar-refractivity contribution in [2.24, 2.45) is 0 Å². The number of hydrogen-bond donors (Lipinski definition) is 0. The topological polar surface area (TPSA) is 43.4 Å². The highest BCUT2D eigenvalue weighted by molar-refractivity contribution is 8.14. The molecule has 2 unspecified atom stereocenters. The van der Waals surface area contributed by atoms with Crippen LogP contribution in [0.25, 0.3) is 0 Å². The Bertz CT molecular complexity index is 342. The first kappa shape index (κ1) is 16.3. The van der Waals surface area contributed by atoms with Gasteiger partial charge in [-0.2, -0.15) is 0 Å². The molecule has 0 spiro atoms. The lowest BCUT2D eigenvalue weighted by atomic mass is 9.92. The minimum atomic E-state index is -3.45. The molecule has 18 heavy (non-hydrogen) atoms. The summed E-state index contributed by atoms with van der Waals surface area (Å²) in [4.78, 5) is 0. The third kappa shape index (κ3) is 5.45. The molecule has 0 aliphatic heterocycles. The predicted octanol–water partition coefficient (Wildman–Crippen LogP) is 3.85. The van der Waals surface area contributed by atoms with Gasteiger partial charge in [0.05, 0.1) is 10.9 Å². The summed E-state index contributed by atoms with van der Waals surface area (Å²) < 4.78 is 28.7. The summed E-state index contributed by atoms with van der Waals surface area (Å²) in [6.07, 6.45) is 8.65. The standard InChI is InChI=1S/C13H25ClO3S/c1-13(17-2)10-7-5-3-4-6-8-12(9-11-13)18(14,15)16/h12H,3-11H2,1-2H3. The van der Waals surface area contributed by atoms with Crippen molar-refractivity contribution in [1.82, 2.24) is 0 Å². The number of halogens is 1. The molecule has 0 N–H and O–H groups in total. The van der Waals surface area contributed by atoms with Crippen LogP contribution in [0.3, 0.4) is 0 Å². The molecule has 108 valence electrons. The van der Waals surface area contributed by atoms with Gasteiger partial charge < -0.3 is 4.74 Å². The van der Waals surface area contributed by atoms with Crippen molar-refractivity contribution >= 4 is 19.7 Å². The molecule has 3 nitrogen and oxygen atoms in total. The van der Waals surface area contributed by atoms with Gasteiger partial charge in [-0.25, -0.2) is 8.42 Å². The average molecular weight is 297 g/mol. The zero-order valence-corrected chi connectivity index (χ0v) is 13.0. The maximum absolute atomic E-state index is 11.6. The Balaban J connectivity index is 2.72. The van der Waals surface area contributed by atoms with Gasteiger partial charge in [0.2, 0.25) is 9.05 Å². The zero-order chi connectivity index (χ0) is 13.6. The summed E-state index contributed by atoms with van der Waals surface area (Å²) in [5.41, 5.74) is -0.204. The molecule has 0 aromatic rings. The molecule has 2 atom stereocenters. The van der Waals surface area contributed by atoms with Crippen LogP contribution >= 0.6 is 10.7 Å². The zero-order valence-electron chi connectivity index (χ0n) is 11.5. The summed E-state index contributed by atoms with van der Waals surface area (Å²) in [6.45, 7) is 2.07. The van der Waals surface area contributed by atoms with Gasteiger partial charge in [0.25, 0.3) is 0 Å². The molecular weight excluding hydrogens is 272 g/mol. The van der Waals surface area contributed by atoms with Gasteiger partial charge >= 0.3 is 0 Å². The number of methoxy groups -OCH3 is 1. The van der Waals surface area contributed by atoms with E-state index in [2.05, 4.69) is 6.92 Å². The van der Waals surface area contributed by atoms with E-state index in [1.54, 1.807) is 7.11 Å². The van der Waals surface area contributed by atoms with Gasteiger partial charge in [0, 0.05) is 17.8 Å². The average Bonchev–Trinajstić information content (AvgIpc) is 2.33. The molecule has 0 aromatic carbocycles. The molecule has 1 saturated carbocycles. The first-order valence-corrected chi connectivity index (χ1v) is 9.23. The van der Waals surface area contributed by atoms with Gasteiger partial charge in [0.1, 0.15) is 0 Å². The summed E-state index contributed by atoms with van der Waals surface area (Å²) in [6, 6.07) is 0.